The van der Waals surface area contributed by atoms with Crippen LogP contribution in [0.1, 0.15) is 62.3 Å². The second-order valence-corrected chi connectivity index (χ2v) is 11.2. The molecule has 0 radical (unpaired) electrons. The van der Waals surface area contributed by atoms with E-state index in [1.54, 1.807) is 0 Å². The molecule has 1 unspecified atom stereocenters. The van der Waals surface area contributed by atoms with Crippen LogP contribution in [-0.4, -0.2) is 37.0 Å². The Hall–Kier alpha value is -3.29. The maximum absolute atomic E-state index is 4.92. The van der Waals surface area contributed by atoms with Gasteiger partial charge >= 0.3 is 0 Å². The molecule has 4 fully saturated rings. The van der Waals surface area contributed by atoms with Gasteiger partial charge in [-0.25, -0.2) is 9.97 Å². The second-order valence-electron chi connectivity index (χ2n) is 11.2. The molecule has 2 saturated heterocycles. The van der Waals surface area contributed by atoms with E-state index in [1.165, 1.54) is 38.5 Å². The van der Waals surface area contributed by atoms with E-state index in [-0.39, 0.29) is 0 Å². The SMILES string of the molecule is c1cc(-c2c[nH]c(C3N[C@@H]4CC[C@H]3C4)n2)ccc1-c1ccc(-c2c[nH]c([C@H]3N[C@@H]4CC[C@H]3C4)n2)cn1. The van der Waals surface area contributed by atoms with Crippen molar-refractivity contribution >= 4 is 0 Å². The predicted molar refractivity (Wildman–Crippen MR) is 139 cm³/mol. The van der Waals surface area contributed by atoms with Crippen LogP contribution >= 0.6 is 0 Å². The lowest BCUT2D eigenvalue weighted by molar-refractivity contribution is 0.379. The fourth-order valence-electron chi connectivity index (χ4n) is 7.14. The summed E-state index contributed by atoms with van der Waals surface area (Å²) < 4.78 is 0. The quantitative estimate of drug-likeness (QED) is 0.319. The number of pyridine rings is 1. The topological polar surface area (TPSA) is 94.3 Å². The summed E-state index contributed by atoms with van der Waals surface area (Å²) >= 11 is 0. The summed E-state index contributed by atoms with van der Waals surface area (Å²) in [5.74, 6) is 3.60. The van der Waals surface area contributed by atoms with Crippen LogP contribution in [0, 0.1) is 11.8 Å². The number of imidazole rings is 2. The summed E-state index contributed by atoms with van der Waals surface area (Å²) in [6.07, 6.45) is 13.8. The molecule has 2 aliphatic carbocycles. The van der Waals surface area contributed by atoms with Gasteiger partial charge in [-0.1, -0.05) is 24.3 Å². The van der Waals surface area contributed by atoms with Crippen LogP contribution in [0.25, 0.3) is 33.8 Å². The van der Waals surface area contributed by atoms with Crippen molar-refractivity contribution in [3.8, 4) is 33.8 Å². The molecule has 4 aromatic rings. The van der Waals surface area contributed by atoms with Crippen molar-refractivity contribution in [2.75, 3.05) is 0 Å². The van der Waals surface area contributed by atoms with Gasteiger partial charge in [0.25, 0.3) is 0 Å². The molecule has 2 aliphatic heterocycles. The molecule has 0 spiro atoms. The molecule has 8 rings (SSSR count). The molecule has 3 aromatic heterocycles. The molecule has 4 bridgehead atoms. The maximum atomic E-state index is 4.92. The molecular formula is C29H31N7. The summed E-state index contributed by atoms with van der Waals surface area (Å²) in [5, 5.41) is 7.45. The van der Waals surface area contributed by atoms with E-state index in [1.807, 2.05) is 18.6 Å². The summed E-state index contributed by atoms with van der Waals surface area (Å²) in [7, 11) is 0. The van der Waals surface area contributed by atoms with Crippen molar-refractivity contribution in [1.29, 1.82) is 0 Å². The molecule has 7 heteroatoms. The molecule has 4 N–H and O–H groups in total. The Kier molecular flexibility index (Phi) is 4.70. The third-order valence-electron chi connectivity index (χ3n) is 9.04. The number of nitrogens with one attached hydrogen (secondary N) is 4. The number of hydrogen-bond acceptors (Lipinski definition) is 5. The van der Waals surface area contributed by atoms with Crippen LogP contribution < -0.4 is 10.6 Å². The summed E-state index contributed by atoms with van der Waals surface area (Å²) in [6.45, 7) is 0. The van der Waals surface area contributed by atoms with Gasteiger partial charge in [0.1, 0.15) is 11.6 Å². The first-order chi connectivity index (χ1) is 17.8. The van der Waals surface area contributed by atoms with E-state index >= 15 is 0 Å². The van der Waals surface area contributed by atoms with Crippen molar-refractivity contribution in [1.82, 2.24) is 35.6 Å². The molecule has 5 heterocycles. The van der Waals surface area contributed by atoms with Crippen LogP contribution in [0.5, 0.6) is 0 Å². The van der Waals surface area contributed by atoms with Gasteiger partial charge in [0, 0.05) is 47.4 Å². The highest BCUT2D eigenvalue weighted by atomic mass is 15.1. The fourth-order valence-corrected chi connectivity index (χ4v) is 7.14. The van der Waals surface area contributed by atoms with Crippen molar-refractivity contribution < 1.29 is 0 Å². The Labute approximate surface area is 210 Å². The number of benzene rings is 1. The molecule has 7 nitrogen and oxygen atoms in total. The minimum atomic E-state index is 0.374. The van der Waals surface area contributed by atoms with E-state index in [4.69, 9.17) is 15.0 Å². The first-order valence-electron chi connectivity index (χ1n) is 13.5. The van der Waals surface area contributed by atoms with E-state index < -0.39 is 0 Å². The molecule has 4 aliphatic rings. The largest absolute Gasteiger partial charge is 0.347 e. The number of aromatic nitrogens is 5. The Balaban J connectivity index is 0.972. The Morgan fingerprint density at radius 2 is 1.11 bits per heavy atom. The molecule has 36 heavy (non-hydrogen) atoms. The highest BCUT2D eigenvalue weighted by molar-refractivity contribution is 5.68. The molecular weight excluding hydrogens is 446 g/mol. The minimum absolute atomic E-state index is 0.374. The van der Waals surface area contributed by atoms with Crippen LogP contribution in [0.2, 0.25) is 0 Å². The van der Waals surface area contributed by atoms with Gasteiger partial charge in [-0.05, 0) is 62.5 Å². The average molecular weight is 478 g/mol. The Morgan fingerprint density at radius 3 is 1.58 bits per heavy atom. The summed E-state index contributed by atoms with van der Waals surface area (Å²) in [5.41, 5.74) is 6.19. The molecule has 6 atom stereocenters. The van der Waals surface area contributed by atoms with Crippen LogP contribution in [0.15, 0.2) is 55.0 Å². The van der Waals surface area contributed by atoms with Crippen LogP contribution in [-0.2, 0) is 0 Å². The highest BCUT2D eigenvalue weighted by Crippen LogP contribution is 2.43. The monoisotopic (exact) mass is 477 g/mol. The van der Waals surface area contributed by atoms with E-state index in [0.717, 1.165) is 57.3 Å². The second kappa shape index (κ2) is 8.11. The number of rotatable bonds is 5. The van der Waals surface area contributed by atoms with E-state index in [9.17, 15) is 0 Å². The minimum Gasteiger partial charge on any atom is -0.347 e. The summed E-state index contributed by atoms with van der Waals surface area (Å²) in [6, 6.07) is 14.9. The Bertz CT molecular complexity index is 1280. The number of fused-ring (bicyclic) bond motifs is 4. The van der Waals surface area contributed by atoms with Crippen molar-refractivity contribution in [2.24, 2.45) is 11.8 Å². The first-order valence-corrected chi connectivity index (χ1v) is 13.5. The molecule has 2 saturated carbocycles. The lowest BCUT2D eigenvalue weighted by Crippen LogP contribution is -2.29. The predicted octanol–water partition coefficient (Wildman–Crippen LogP) is 5.15. The van der Waals surface area contributed by atoms with Crippen LogP contribution in [0.4, 0.5) is 0 Å². The summed E-state index contributed by atoms with van der Waals surface area (Å²) in [4.78, 5) is 21.4. The maximum Gasteiger partial charge on any atom is 0.124 e. The molecule has 182 valence electrons. The smallest absolute Gasteiger partial charge is 0.124 e. The molecule has 1 aromatic carbocycles. The number of H-pyrrole nitrogens is 2. The van der Waals surface area contributed by atoms with Gasteiger partial charge in [-0.3, -0.25) is 4.98 Å². The van der Waals surface area contributed by atoms with Gasteiger partial charge in [0.2, 0.25) is 0 Å². The van der Waals surface area contributed by atoms with Gasteiger partial charge in [-0.15, -0.1) is 0 Å². The molecule has 0 amide bonds. The van der Waals surface area contributed by atoms with Gasteiger partial charge in [0.15, 0.2) is 0 Å². The normalized spacial score (nSPS) is 30.4. The van der Waals surface area contributed by atoms with Crippen LogP contribution in [0.3, 0.4) is 0 Å². The Morgan fingerprint density at radius 1 is 0.583 bits per heavy atom. The van der Waals surface area contributed by atoms with Gasteiger partial charge in [0.05, 0.1) is 29.2 Å². The lowest BCUT2D eigenvalue weighted by Gasteiger charge is -2.20. The highest BCUT2D eigenvalue weighted by Gasteiger charge is 2.42. The number of nitrogens with zero attached hydrogens (tertiary/aromatic N) is 3. The fraction of sp³-hybridized carbons (Fsp3) is 0.414. The number of piperidine rings is 2. The van der Waals surface area contributed by atoms with Crippen molar-refractivity contribution in [3.63, 3.8) is 0 Å². The number of aromatic amines is 2. The van der Waals surface area contributed by atoms with E-state index in [2.05, 4.69) is 57.0 Å². The first kappa shape index (κ1) is 20.9. The number of hydrogen-bond donors (Lipinski definition) is 4. The third kappa shape index (κ3) is 3.44. The third-order valence-corrected chi connectivity index (χ3v) is 9.04. The zero-order chi connectivity index (χ0) is 23.6. The zero-order valence-corrected chi connectivity index (χ0v) is 20.2. The van der Waals surface area contributed by atoms with Crippen molar-refractivity contribution in [2.45, 2.75) is 62.7 Å². The van der Waals surface area contributed by atoms with E-state index in [0.29, 0.717) is 24.2 Å². The van der Waals surface area contributed by atoms with Crippen molar-refractivity contribution in [3.05, 3.63) is 66.6 Å². The lowest BCUT2D eigenvalue weighted by atomic mass is 10.00. The van der Waals surface area contributed by atoms with Gasteiger partial charge in [-0.2, -0.15) is 0 Å². The van der Waals surface area contributed by atoms with Gasteiger partial charge < -0.3 is 20.6 Å². The standard InChI is InChI=1S/C29H31N7/c1-3-17(24-14-31-28(35-24)26-18-5-8-21(11-18)33-26)4-2-16(1)23-10-7-20(13-30-23)25-15-32-29(36-25)27-19-6-9-22(12-19)34-27/h1-4,7,10,13-15,18-19,21-22,26-27,33-34H,5-6,8-9,11-12H2,(H,31,35)(H,32,36)/t18-,19-,21+,22+,26?,27-/m0/s1. The average Bonchev–Trinajstić information content (AvgIpc) is 3.76. The zero-order valence-electron chi connectivity index (χ0n) is 20.2.